The van der Waals surface area contributed by atoms with Crippen LogP contribution in [0.15, 0.2) is 90.3 Å². The summed E-state index contributed by atoms with van der Waals surface area (Å²) in [6.07, 6.45) is 0. The molecule has 0 saturated heterocycles. The Morgan fingerprint density at radius 1 is 0.857 bits per heavy atom. The van der Waals surface area contributed by atoms with Gasteiger partial charge in [-0.15, -0.1) is 11.3 Å². The van der Waals surface area contributed by atoms with Gasteiger partial charge in [-0.05, 0) is 40.6 Å². The van der Waals surface area contributed by atoms with Gasteiger partial charge in [0.25, 0.3) is 5.91 Å². The Morgan fingerprint density at radius 2 is 1.60 bits per heavy atom. The molecule has 1 heterocycles. The van der Waals surface area contributed by atoms with Crippen LogP contribution in [0.3, 0.4) is 0 Å². The van der Waals surface area contributed by atoms with Gasteiger partial charge in [0.05, 0.1) is 19.9 Å². The van der Waals surface area contributed by atoms with Crippen molar-refractivity contribution in [2.45, 2.75) is 6.54 Å². The molecular weight excluding hydrogens is 456 g/mol. The normalized spacial score (nSPS) is 10.8. The summed E-state index contributed by atoms with van der Waals surface area (Å²) in [7, 11) is 3.25. The van der Waals surface area contributed by atoms with Crippen molar-refractivity contribution in [1.82, 2.24) is 10.3 Å². The molecule has 5 nitrogen and oxygen atoms in total. The Kier molecular flexibility index (Phi) is 6.46. The van der Waals surface area contributed by atoms with Gasteiger partial charge in [0.2, 0.25) is 0 Å². The highest BCUT2D eigenvalue weighted by atomic mass is 32.1. The number of benzene rings is 4. The largest absolute Gasteiger partial charge is 0.493 e. The van der Waals surface area contributed by atoms with Crippen LogP contribution in [0.5, 0.6) is 11.5 Å². The third kappa shape index (κ3) is 4.74. The van der Waals surface area contributed by atoms with Gasteiger partial charge >= 0.3 is 0 Å². The first-order valence-electron chi connectivity index (χ1n) is 11.2. The Balaban J connectivity index is 1.27. The van der Waals surface area contributed by atoms with E-state index in [-0.39, 0.29) is 5.91 Å². The van der Waals surface area contributed by atoms with Crippen LogP contribution in [0.25, 0.3) is 32.6 Å². The van der Waals surface area contributed by atoms with Gasteiger partial charge in [0.15, 0.2) is 11.5 Å². The van der Waals surface area contributed by atoms with Gasteiger partial charge in [-0.1, -0.05) is 60.7 Å². The molecule has 0 aliphatic carbocycles. The van der Waals surface area contributed by atoms with Crippen LogP contribution in [0.4, 0.5) is 0 Å². The number of nitrogens with one attached hydrogen (secondary N) is 1. The summed E-state index contributed by atoms with van der Waals surface area (Å²) >= 11 is 1.59. The molecule has 1 amide bonds. The first-order chi connectivity index (χ1) is 17.2. The number of thiazole rings is 1. The lowest BCUT2D eigenvalue weighted by Gasteiger charge is -2.09. The fraction of sp³-hybridized carbons (Fsp3) is 0.103. The van der Waals surface area contributed by atoms with E-state index in [0.717, 1.165) is 38.2 Å². The fourth-order valence-electron chi connectivity index (χ4n) is 4.00. The number of carbonyl (C=O) groups is 1. The monoisotopic (exact) mass is 480 g/mol. The molecular formula is C29H24N2O3S. The highest BCUT2D eigenvalue weighted by Gasteiger charge is 2.12. The molecule has 6 heteroatoms. The summed E-state index contributed by atoms with van der Waals surface area (Å²) in [6, 6.07) is 27.6. The topological polar surface area (TPSA) is 60.5 Å². The van der Waals surface area contributed by atoms with Crippen molar-refractivity contribution in [2.24, 2.45) is 0 Å². The average molecular weight is 481 g/mol. The molecule has 0 unspecified atom stereocenters. The highest BCUT2D eigenvalue weighted by molar-refractivity contribution is 7.13. The Hall–Kier alpha value is -4.16. The van der Waals surface area contributed by atoms with Gasteiger partial charge in [-0.3, -0.25) is 4.79 Å². The molecule has 35 heavy (non-hydrogen) atoms. The summed E-state index contributed by atoms with van der Waals surface area (Å²) in [5.74, 6) is 1.29. The van der Waals surface area contributed by atoms with E-state index in [2.05, 4.69) is 5.32 Å². The van der Waals surface area contributed by atoms with Crippen LogP contribution >= 0.6 is 11.3 Å². The summed E-state index contributed by atoms with van der Waals surface area (Å²) in [5, 5.41) is 8.02. The number of hydrogen-bond acceptors (Lipinski definition) is 5. The van der Waals surface area contributed by atoms with Crippen molar-refractivity contribution in [3.63, 3.8) is 0 Å². The number of hydrogen-bond donors (Lipinski definition) is 1. The lowest BCUT2D eigenvalue weighted by Crippen LogP contribution is -2.22. The molecule has 0 atom stereocenters. The molecule has 5 aromatic rings. The predicted molar refractivity (Wildman–Crippen MR) is 141 cm³/mol. The molecule has 0 radical (unpaired) electrons. The van der Waals surface area contributed by atoms with E-state index in [1.165, 1.54) is 0 Å². The summed E-state index contributed by atoms with van der Waals surface area (Å²) < 4.78 is 10.7. The number of amides is 1. The van der Waals surface area contributed by atoms with Crippen LogP contribution in [0.2, 0.25) is 0 Å². The van der Waals surface area contributed by atoms with Crippen LogP contribution in [-0.2, 0) is 6.54 Å². The van der Waals surface area contributed by atoms with Gasteiger partial charge < -0.3 is 14.8 Å². The number of carbonyl (C=O) groups excluding carboxylic acids is 1. The molecule has 0 saturated carbocycles. The number of methoxy groups -OCH3 is 2. The molecule has 0 aliphatic heterocycles. The zero-order valence-corrected chi connectivity index (χ0v) is 20.3. The van der Waals surface area contributed by atoms with E-state index in [1.807, 2.05) is 90.3 Å². The minimum absolute atomic E-state index is 0.0784. The van der Waals surface area contributed by atoms with Crippen LogP contribution < -0.4 is 14.8 Å². The molecule has 0 aliphatic rings. The second-order valence-corrected chi connectivity index (χ2v) is 8.87. The van der Waals surface area contributed by atoms with Gasteiger partial charge in [-0.2, -0.15) is 0 Å². The van der Waals surface area contributed by atoms with Crippen LogP contribution in [-0.4, -0.2) is 25.1 Å². The first kappa shape index (κ1) is 22.6. The zero-order valence-electron chi connectivity index (χ0n) is 19.4. The molecule has 5 rings (SSSR count). The van der Waals surface area contributed by atoms with Crippen molar-refractivity contribution in [2.75, 3.05) is 14.2 Å². The van der Waals surface area contributed by atoms with Crippen LogP contribution in [0.1, 0.15) is 15.9 Å². The maximum absolute atomic E-state index is 12.8. The van der Waals surface area contributed by atoms with E-state index in [1.54, 1.807) is 25.6 Å². The Bertz CT molecular complexity index is 1490. The van der Waals surface area contributed by atoms with E-state index >= 15 is 0 Å². The standard InChI is InChI=1S/C29H24N2O3S/c1-33-26-15-14-22(16-27(26)34-2)25-18-35-29(31-25)21-12-10-19(11-13-21)17-30-28(32)24-9-5-7-20-6-3-4-8-23(20)24/h3-16,18H,17H2,1-2H3,(H,30,32). The van der Waals surface area contributed by atoms with Crippen molar-refractivity contribution in [3.8, 4) is 33.3 Å². The second-order valence-electron chi connectivity index (χ2n) is 8.01. The highest BCUT2D eigenvalue weighted by Crippen LogP contribution is 2.34. The predicted octanol–water partition coefficient (Wildman–Crippen LogP) is 6.58. The van der Waals surface area contributed by atoms with Crippen molar-refractivity contribution in [3.05, 3.63) is 101 Å². The first-order valence-corrected chi connectivity index (χ1v) is 12.1. The summed E-state index contributed by atoms with van der Waals surface area (Å²) in [5.41, 5.74) is 4.60. The maximum atomic E-state index is 12.8. The fourth-order valence-corrected chi connectivity index (χ4v) is 4.84. The second kappa shape index (κ2) is 9.99. The molecule has 174 valence electrons. The number of nitrogens with zero attached hydrogens (tertiary/aromatic N) is 1. The maximum Gasteiger partial charge on any atom is 0.252 e. The molecule has 0 spiro atoms. The smallest absolute Gasteiger partial charge is 0.252 e. The van der Waals surface area contributed by atoms with Gasteiger partial charge in [-0.25, -0.2) is 4.98 Å². The number of fused-ring (bicyclic) bond motifs is 1. The minimum Gasteiger partial charge on any atom is -0.493 e. The molecule has 1 aromatic heterocycles. The SMILES string of the molecule is COc1ccc(-c2csc(-c3ccc(CNC(=O)c4cccc5ccccc45)cc3)n2)cc1OC. The van der Waals surface area contributed by atoms with E-state index in [0.29, 0.717) is 23.6 Å². The lowest BCUT2D eigenvalue weighted by atomic mass is 10.0. The Morgan fingerprint density at radius 3 is 2.40 bits per heavy atom. The number of ether oxygens (including phenoxy) is 2. The molecule has 4 aromatic carbocycles. The number of rotatable bonds is 7. The zero-order chi connectivity index (χ0) is 24.2. The van der Waals surface area contributed by atoms with Crippen LogP contribution in [0, 0.1) is 0 Å². The molecule has 0 fully saturated rings. The summed E-state index contributed by atoms with van der Waals surface area (Å²) in [4.78, 5) is 17.6. The minimum atomic E-state index is -0.0784. The third-order valence-corrected chi connectivity index (χ3v) is 6.76. The quantitative estimate of drug-likeness (QED) is 0.286. The lowest BCUT2D eigenvalue weighted by molar-refractivity contribution is 0.0952. The van der Waals surface area contributed by atoms with Gasteiger partial charge in [0, 0.05) is 28.6 Å². The molecule has 0 bridgehead atoms. The van der Waals surface area contributed by atoms with E-state index < -0.39 is 0 Å². The molecule has 1 N–H and O–H groups in total. The van der Waals surface area contributed by atoms with E-state index in [4.69, 9.17) is 14.5 Å². The van der Waals surface area contributed by atoms with Crippen molar-refractivity contribution >= 4 is 28.0 Å². The number of aromatic nitrogens is 1. The van der Waals surface area contributed by atoms with Gasteiger partial charge in [0.1, 0.15) is 5.01 Å². The van der Waals surface area contributed by atoms with Crippen molar-refractivity contribution in [1.29, 1.82) is 0 Å². The Labute approximate surface area is 208 Å². The third-order valence-electron chi connectivity index (χ3n) is 5.87. The van der Waals surface area contributed by atoms with Crippen molar-refractivity contribution < 1.29 is 14.3 Å². The average Bonchev–Trinajstić information content (AvgIpc) is 3.41. The van der Waals surface area contributed by atoms with E-state index in [9.17, 15) is 4.79 Å². The summed E-state index contributed by atoms with van der Waals surface area (Å²) in [6.45, 7) is 0.455.